The van der Waals surface area contributed by atoms with E-state index in [1.54, 1.807) is 27.7 Å². The van der Waals surface area contributed by atoms with Crippen LogP contribution in [0.1, 0.15) is 60.8 Å². The summed E-state index contributed by atoms with van der Waals surface area (Å²) in [5, 5.41) is 13.8. The van der Waals surface area contributed by atoms with Crippen molar-refractivity contribution in [2.45, 2.75) is 66.4 Å². The van der Waals surface area contributed by atoms with Gasteiger partial charge in [-0.2, -0.15) is 5.10 Å². The zero-order valence-corrected chi connectivity index (χ0v) is 16.8. The maximum atomic E-state index is 12.1. The number of alkyl carbamates (subject to hydrolysis) is 1. The molecule has 1 aliphatic rings. The van der Waals surface area contributed by atoms with E-state index in [0.717, 1.165) is 19.4 Å². The van der Waals surface area contributed by atoms with Crippen LogP contribution in [0.2, 0.25) is 0 Å². The summed E-state index contributed by atoms with van der Waals surface area (Å²) in [5.74, 6) is 0.748. The van der Waals surface area contributed by atoms with Crippen molar-refractivity contribution in [3.05, 3.63) is 12.2 Å². The molecule has 146 valence electrons. The first-order chi connectivity index (χ1) is 12.1. The van der Waals surface area contributed by atoms with Crippen LogP contribution >= 0.6 is 0 Å². The molecule has 0 saturated carbocycles. The molecule has 0 spiro atoms. The zero-order valence-electron chi connectivity index (χ0n) is 16.8. The van der Waals surface area contributed by atoms with Crippen molar-refractivity contribution in [3.8, 4) is 0 Å². The van der Waals surface area contributed by atoms with Crippen LogP contribution in [0.5, 0.6) is 0 Å². The van der Waals surface area contributed by atoms with E-state index in [-0.39, 0.29) is 11.8 Å². The van der Waals surface area contributed by atoms with Crippen molar-refractivity contribution in [2.75, 3.05) is 6.54 Å². The topological polar surface area (TPSA) is 92.1 Å². The molecule has 2 amide bonds. The minimum Gasteiger partial charge on any atom is -0.444 e. The monoisotopic (exact) mass is 364 g/mol. The van der Waals surface area contributed by atoms with Crippen LogP contribution in [0, 0.1) is 11.8 Å². The number of hydrogen-bond acceptors (Lipinski definition) is 5. The fourth-order valence-electron chi connectivity index (χ4n) is 2.54. The summed E-state index contributed by atoms with van der Waals surface area (Å²) in [6.07, 6.45) is 5.52. The Balaban J connectivity index is 2.79. The predicted molar refractivity (Wildman–Crippen MR) is 104 cm³/mol. The number of ether oxygens (including phenoxy) is 1. The summed E-state index contributed by atoms with van der Waals surface area (Å²) in [6.45, 7) is 11.9. The number of nitrogens with zero attached hydrogens (tertiary/aromatic N) is 2. The lowest BCUT2D eigenvalue weighted by Gasteiger charge is -2.26. The molecule has 1 saturated heterocycles. The van der Waals surface area contributed by atoms with Crippen LogP contribution in [-0.4, -0.2) is 35.7 Å². The van der Waals surface area contributed by atoms with E-state index in [4.69, 9.17) is 4.74 Å². The standard InChI is InChI=1S/C19H32N4O3/c1-7-8-9-16(11-15-10-13(2)12-20-17(15)24)23-22-14(3)21-18(25)26-19(4,5)6/h8-9,13,15H,7,10-12H2,1-6H3,(H,20,24)(H,21,22,25)/b9-8+,23-16+. The molecule has 26 heavy (non-hydrogen) atoms. The molecular weight excluding hydrogens is 332 g/mol. The summed E-state index contributed by atoms with van der Waals surface area (Å²) < 4.78 is 5.18. The van der Waals surface area contributed by atoms with Gasteiger partial charge in [-0.15, -0.1) is 5.10 Å². The van der Waals surface area contributed by atoms with Gasteiger partial charge in [0.2, 0.25) is 5.91 Å². The van der Waals surface area contributed by atoms with Gasteiger partial charge in [0.25, 0.3) is 0 Å². The summed E-state index contributed by atoms with van der Waals surface area (Å²) in [5.41, 5.74) is 0.139. The first-order valence-electron chi connectivity index (χ1n) is 9.16. The number of piperidine rings is 1. The molecule has 2 unspecified atom stereocenters. The molecular formula is C19H32N4O3. The van der Waals surface area contributed by atoms with E-state index in [9.17, 15) is 9.59 Å². The van der Waals surface area contributed by atoms with Crippen molar-refractivity contribution in [1.29, 1.82) is 0 Å². The molecule has 1 heterocycles. The Labute approximate surface area is 156 Å². The molecule has 1 aliphatic heterocycles. The van der Waals surface area contributed by atoms with Crippen molar-refractivity contribution in [2.24, 2.45) is 22.0 Å². The Kier molecular flexibility index (Phi) is 8.48. The molecule has 0 radical (unpaired) electrons. The van der Waals surface area contributed by atoms with Gasteiger partial charge >= 0.3 is 6.09 Å². The van der Waals surface area contributed by atoms with Crippen LogP contribution in [0.4, 0.5) is 4.79 Å². The number of carbonyl (C=O) groups is 2. The van der Waals surface area contributed by atoms with Crippen molar-refractivity contribution in [1.82, 2.24) is 10.6 Å². The van der Waals surface area contributed by atoms with Gasteiger partial charge in [-0.1, -0.05) is 19.9 Å². The lowest BCUT2D eigenvalue weighted by molar-refractivity contribution is -0.127. The molecule has 0 aromatic carbocycles. The Morgan fingerprint density at radius 1 is 1.38 bits per heavy atom. The Hall–Kier alpha value is -2.18. The minimum absolute atomic E-state index is 0.0632. The average molecular weight is 364 g/mol. The van der Waals surface area contributed by atoms with Crippen molar-refractivity contribution < 1.29 is 14.3 Å². The molecule has 1 fully saturated rings. The van der Waals surface area contributed by atoms with Crippen molar-refractivity contribution in [3.63, 3.8) is 0 Å². The smallest absolute Gasteiger partial charge is 0.413 e. The van der Waals surface area contributed by atoms with Crippen molar-refractivity contribution >= 4 is 23.5 Å². The number of carbonyl (C=O) groups excluding carboxylic acids is 2. The third-order valence-corrected chi connectivity index (χ3v) is 3.69. The van der Waals surface area contributed by atoms with Crippen LogP contribution in [0.3, 0.4) is 0 Å². The Morgan fingerprint density at radius 2 is 2.08 bits per heavy atom. The second kappa shape index (κ2) is 10.1. The highest BCUT2D eigenvalue weighted by Gasteiger charge is 2.27. The highest BCUT2D eigenvalue weighted by molar-refractivity contribution is 5.99. The average Bonchev–Trinajstić information content (AvgIpc) is 2.51. The third kappa shape index (κ3) is 8.78. The fourth-order valence-corrected chi connectivity index (χ4v) is 2.54. The van der Waals surface area contributed by atoms with Gasteiger partial charge in [0.05, 0.1) is 5.71 Å². The molecule has 2 atom stereocenters. The molecule has 1 rings (SSSR count). The minimum atomic E-state index is -0.576. The number of amides is 2. The first-order valence-corrected chi connectivity index (χ1v) is 9.16. The summed E-state index contributed by atoms with van der Waals surface area (Å²) >= 11 is 0. The quantitative estimate of drug-likeness (QED) is 0.445. The first kappa shape index (κ1) is 21.9. The van der Waals surface area contributed by atoms with Crippen LogP contribution in [0.15, 0.2) is 22.4 Å². The maximum Gasteiger partial charge on any atom is 0.413 e. The Morgan fingerprint density at radius 3 is 2.69 bits per heavy atom. The number of rotatable bonds is 5. The van der Waals surface area contributed by atoms with Gasteiger partial charge in [0.1, 0.15) is 11.4 Å². The second-order valence-electron chi connectivity index (χ2n) is 7.70. The van der Waals surface area contributed by atoms with Gasteiger partial charge in [0, 0.05) is 18.9 Å². The van der Waals surface area contributed by atoms with E-state index in [2.05, 4.69) is 27.8 Å². The normalized spacial score (nSPS) is 22.3. The van der Waals surface area contributed by atoms with Gasteiger partial charge < -0.3 is 10.1 Å². The summed E-state index contributed by atoms with van der Waals surface area (Å²) in [6, 6.07) is 0. The number of amidine groups is 1. The summed E-state index contributed by atoms with van der Waals surface area (Å²) in [4.78, 5) is 23.8. The molecule has 0 aromatic heterocycles. The largest absolute Gasteiger partial charge is 0.444 e. The van der Waals surface area contributed by atoms with E-state index >= 15 is 0 Å². The van der Waals surface area contributed by atoms with Crippen LogP contribution in [0.25, 0.3) is 0 Å². The van der Waals surface area contributed by atoms with E-state index in [1.807, 2.05) is 19.1 Å². The molecule has 0 aliphatic carbocycles. The molecule has 0 aromatic rings. The SMILES string of the molecule is CC/C=C/C(CC1CC(C)CNC1=O)=N\N=C(/C)NC(=O)OC(C)(C)C. The molecule has 7 heteroatoms. The Bertz CT molecular complexity index is 588. The number of allylic oxidation sites excluding steroid dienone is 2. The van der Waals surface area contributed by atoms with Gasteiger partial charge in [0.15, 0.2) is 0 Å². The lowest BCUT2D eigenvalue weighted by atomic mass is 9.87. The molecule has 2 N–H and O–H groups in total. The maximum absolute atomic E-state index is 12.1. The summed E-state index contributed by atoms with van der Waals surface area (Å²) in [7, 11) is 0. The van der Waals surface area contributed by atoms with E-state index < -0.39 is 11.7 Å². The van der Waals surface area contributed by atoms with Gasteiger partial charge in [-0.3, -0.25) is 10.1 Å². The van der Waals surface area contributed by atoms with Crippen LogP contribution in [-0.2, 0) is 9.53 Å². The molecule has 0 bridgehead atoms. The molecule has 7 nitrogen and oxygen atoms in total. The fraction of sp³-hybridized carbons (Fsp3) is 0.684. The number of nitrogens with one attached hydrogen (secondary N) is 2. The van der Waals surface area contributed by atoms with Crippen LogP contribution < -0.4 is 10.6 Å². The third-order valence-electron chi connectivity index (χ3n) is 3.69. The number of hydrogen-bond donors (Lipinski definition) is 2. The second-order valence-corrected chi connectivity index (χ2v) is 7.70. The van der Waals surface area contributed by atoms with E-state index in [0.29, 0.717) is 23.9 Å². The zero-order chi connectivity index (χ0) is 19.7. The van der Waals surface area contributed by atoms with E-state index in [1.165, 1.54) is 0 Å². The highest BCUT2D eigenvalue weighted by Crippen LogP contribution is 2.21. The van der Waals surface area contributed by atoms with Gasteiger partial charge in [-0.25, -0.2) is 4.79 Å². The lowest BCUT2D eigenvalue weighted by Crippen LogP contribution is -2.41. The van der Waals surface area contributed by atoms with Gasteiger partial charge in [-0.05, 0) is 52.5 Å². The predicted octanol–water partition coefficient (Wildman–Crippen LogP) is 3.41. The highest BCUT2D eigenvalue weighted by atomic mass is 16.6.